The van der Waals surface area contributed by atoms with Crippen LogP contribution in [0.2, 0.25) is 0 Å². The van der Waals surface area contributed by atoms with Crippen LogP contribution in [0.5, 0.6) is 0 Å². The molecule has 94 heavy (non-hydrogen) atoms. The molecule has 27 nitrogen and oxygen atoms in total. The summed E-state index contributed by atoms with van der Waals surface area (Å²) in [6.45, 7) is 0.00161. The van der Waals surface area contributed by atoms with Crippen LogP contribution in [0.1, 0.15) is 219 Å². The minimum absolute atomic E-state index is 0.0295. The van der Waals surface area contributed by atoms with Crippen molar-refractivity contribution in [2.45, 2.75) is 317 Å². The van der Waals surface area contributed by atoms with Crippen LogP contribution >= 0.6 is 7.82 Å². The molecule has 13 N–H and O–H groups in total. The largest absolute Gasteiger partial charge is 0.472 e. The van der Waals surface area contributed by atoms with E-state index < -0.39 is 163 Å². The lowest BCUT2D eigenvalue weighted by Crippen LogP contribution is -2.67. The molecule has 0 spiro atoms. The molecule has 0 saturated carbocycles. The number of rotatable bonds is 54. The zero-order chi connectivity index (χ0) is 68.9. The summed E-state index contributed by atoms with van der Waals surface area (Å²) in [5.41, 5.74) is 0. The van der Waals surface area contributed by atoms with Gasteiger partial charge in [-0.25, -0.2) is 4.57 Å². The molecule has 0 bridgehead atoms. The third-order valence-corrected chi connectivity index (χ3v) is 17.9. The number of aliphatic hydroxyl groups is 10. The maximum absolute atomic E-state index is 12.9. The Morgan fingerprint density at radius 2 is 0.851 bits per heavy atom. The summed E-state index contributed by atoms with van der Waals surface area (Å²) in [6, 6.07) is 0. The minimum atomic E-state index is -4.75. The van der Waals surface area contributed by atoms with E-state index in [1.807, 2.05) is 0 Å². The summed E-state index contributed by atoms with van der Waals surface area (Å²) in [4.78, 5) is 61.5. The highest BCUT2D eigenvalue weighted by Crippen LogP contribution is 2.43. The topological polar surface area (TPSA) is 415 Å². The minimum Gasteiger partial charge on any atom is -0.462 e. The number of nitrogens with one attached hydrogen (secondary N) is 2. The quantitative estimate of drug-likeness (QED) is 0.0166. The fourth-order valence-corrected chi connectivity index (χ4v) is 11.9. The molecule has 0 radical (unpaired) electrons. The lowest BCUT2D eigenvalue weighted by atomic mass is 9.94. The van der Waals surface area contributed by atoms with E-state index in [0.29, 0.717) is 12.8 Å². The molecular weight excluding hydrogens is 1250 g/mol. The van der Waals surface area contributed by atoms with Crippen molar-refractivity contribution in [1.82, 2.24) is 10.6 Å². The third kappa shape index (κ3) is 35.1. The Hall–Kier alpha value is -3.13. The molecule has 2 amide bonds. The van der Waals surface area contributed by atoms with Crippen LogP contribution in [0, 0.1) is 0 Å². The summed E-state index contributed by atoms with van der Waals surface area (Å²) in [7, 11) is -4.75. The van der Waals surface area contributed by atoms with Gasteiger partial charge < -0.3 is 99.8 Å². The Morgan fingerprint density at radius 1 is 0.447 bits per heavy atom. The molecule has 3 saturated heterocycles. The maximum Gasteiger partial charge on any atom is 0.472 e. The highest BCUT2D eigenvalue weighted by atomic mass is 31.2. The van der Waals surface area contributed by atoms with Gasteiger partial charge in [0.15, 0.2) is 18.7 Å². The molecule has 8 unspecified atom stereocenters. The number of allylic oxidation sites excluding steroid dienone is 4. The van der Waals surface area contributed by atoms with E-state index in [0.717, 1.165) is 77.0 Å². The van der Waals surface area contributed by atoms with Crippen LogP contribution in [-0.4, -0.2) is 230 Å². The molecule has 0 aromatic carbocycles. The highest BCUT2D eigenvalue weighted by molar-refractivity contribution is 7.47. The number of phosphoric ester groups is 1. The van der Waals surface area contributed by atoms with Gasteiger partial charge in [-0.3, -0.25) is 28.2 Å². The van der Waals surface area contributed by atoms with Gasteiger partial charge in [0, 0.05) is 38.8 Å². The van der Waals surface area contributed by atoms with Gasteiger partial charge in [0.2, 0.25) is 11.8 Å². The van der Waals surface area contributed by atoms with E-state index in [1.54, 1.807) is 0 Å². The number of aliphatic hydroxyl groups excluding tert-OH is 10. The van der Waals surface area contributed by atoms with Crippen molar-refractivity contribution >= 4 is 31.6 Å². The van der Waals surface area contributed by atoms with Gasteiger partial charge in [0.1, 0.15) is 86.0 Å². The Kier molecular flexibility index (Phi) is 46.2. The maximum atomic E-state index is 12.9. The molecule has 3 rings (SSSR count). The standard InChI is InChI=1S/C66H119N2O25P/c1-3-5-7-9-11-13-15-17-19-21-23-25-27-29-31-37-54(74)85-45-47(88-55(75)38-32-30-28-26-24-22-20-18-16-14-12-10-8-6-4-2)46-87-94(83,84)86-40-39-67-52(72)35-33-34-36-53(73)68-41-48-56(76)59(79)63(50(43-70)89-48)92-66-62(82)60(80)64(51(44-71)91-66)93-65-61(81)58(78)57(77)49(42-69)90-65/h17-20,47-51,56-66,69-71,76-82H,3-16,21-46H2,1-2H3,(H,67,72)(H,68,73)(H,83,84)/b19-17-,20-18-/t47?,48-,49?,50-,51?,56?,57+,58+,59?,60-,61?,62?,63-,64+,65+,66+/m1/s1. The molecule has 548 valence electrons. The van der Waals surface area contributed by atoms with Crippen LogP contribution in [0.4, 0.5) is 0 Å². The monoisotopic (exact) mass is 1370 g/mol. The first-order chi connectivity index (χ1) is 45.3. The highest BCUT2D eigenvalue weighted by Gasteiger charge is 2.53. The number of phosphoric acid groups is 1. The number of carbonyl (C=O) groups is 4. The van der Waals surface area contributed by atoms with Crippen molar-refractivity contribution in [3.63, 3.8) is 0 Å². The predicted molar refractivity (Wildman–Crippen MR) is 345 cm³/mol. The van der Waals surface area contributed by atoms with E-state index in [1.165, 1.54) is 77.0 Å². The lowest BCUT2D eigenvalue weighted by Gasteiger charge is -2.48. The molecule has 0 aromatic heterocycles. The van der Waals surface area contributed by atoms with Crippen molar-refractivity contribution in [1.29, 1.82) is 0 Å². The molecule has 3 heterocycles. The average molecular weight is 1370 g/mol. The fraction of sp³-hybridized carbons (Fsp3) is 0.879. The Balaban J connectivity index is 1.36. The smallest absolute Gasteiger partial charge is 0.462 e. The van der Waals surface area contributed by atoms with E-state index in [2.05, 4.69) is 48.8 Å². The SMILES string of the molecule is CCCCCCCC/C=C\CCCCCCCC(=O)OCC(COP(=O)(O)OCCNC(=O)CCCCC(=O)NC[C@H]1O[C@H](CO)[C@@H](O[C@@H]2OC(CO)[C@H](O[C@@H]3OC(CO)[C@H](O)[C@H](O)C3O)[C@H](O)C2O)C(O)C1O)OC(=O)CCCCCCC/C=C\CCCCCCCC. The molecule has 28 heteroatoms. The van der Waals surface area contributed by atoms with Crippen molar-refractivity contribution in [3.8, 4) is 0 Å². The van der Waals surface area contributed by atoms with Gasteiger partial charge in [0.25, 0.3) is 0 Å². The second-order valence-electron chi connectivity index (χ2n) is 24.9. The number of ether oxygens (including phenoxy) is 7. The first-order valence-corrected chi connectivity index (χ1v) is 36.5. The lowest BCUT2D eigenvalue weighted by molar-refractivity contribution is -0.372. The molecular formula is C66H119N2O25P. The van der Waals surface area contributed by atoms with Crippen molar-refractivity contribution in [2.24, 2.45) is 0 Å². The first kappa shape index (κ1) is 85.1. The average Bonchev–Trinajstić information content (AvgIpc) is 0.785. The second-order valence-corrected chi connectivity index (χ2v) is 26.4. The molecule has 0 aromatic rings. The molecule has 3 fully saturated rings. The summed E-state index contributed by atoms with van der Waals surface area (Å²) in [5.74, 6) is -2.01. The Labute approximate surface area is 556 Å². The number of unbranched alkanes of at least 4 members (excludes halogenated alkanes) is 23. The van der Waals surface area contributed by atoms with Crippen LogP contribution in [-0.2, 0) is 65.9 Å². The summed E-state index contributed by atoms with van der Waals surface area (Å²) < 4.78 is 62.1. The number of esters is 2. The van der Waals surface area contributed by atoms with Crippen molar-refractivity contribution < 1.29 is 122 Å². The zero-order valence-electron chi connectivity index (χ0n) is 55.9. The molecule has 3 aliphatic rings. The fourth-order valence-electron chi connectivity index (χ4n) is 11.2. The molecule has 17 atom stereocenters. The van der Waals surface area contributed by atoms with E-state index >= 15 is 0 Å². The van der Waals surface area contributed by atoms with Gasteiger partial charge in [-0.05, 0) is 77.0 Å². The van der Waals surface area contributed by atoms with Gasteiger partial charge in [0.05, 0.1) is 33.0 Å². The molecule has 0 aliphatic carbocycles. The van der Waals surface area contributed by atoms with Crippen molar-refractivity contribution in [2.75, 3.05) is 52.7 Å². The van der Waals surface area contributed by atoms with Gasteiger partial charge in [-0.15, -0.1) is 0 Å². The van der Waals surface area contributed by atoms with E-state index in [9.17, 15) is 79.7 Å². The summed E-state index contributed by atoms with van der Waals surface area (Å²) in [5, 5.41) is 110. The normalized spacial score (nSPS) is 27.5. The summed E-state index contributed by atoms with van der Waals surface area (Å²) in [6.07, 6.45) is 11.9. The van der Waals surface area contributed by atoms with Gasteiger partial charge in [-0.1, -0.05) is 141 Å². The van der Waals surface area contributed by atoms with Crippen molar-refractivity contribution in [3.05, 3.63) is 24.3 Å². The van der Waals surface area contributed by atoms with Gasteiger partial charge >= 0.3 is 19.8 Å². The van der Waals surface area contributed by atoms with Crippen LogP contribution in [0.25, 0.3) is 0 Å². The Morgan fingerprint density at radius 3 is 1.35 bits per heavy atom. The number of amides is 2. The summed E-state index contributed by atoms with van der Waals surface area (Å²) >= 11 is 0. The van der Waals surface area contributed by atoms with E-state index in [-0.39, 0.29) is 58.2 Å². The van der Waals surface area contributed by atoms with E-state index in [4.69, 9.17) is 42.2 Å². The molecule has 3 aliphatic heterocycles. The number of carbonyl (C=O) groups excluding carboxylic acids is 4. The predicted octanol–water partition coefficient (Wildman–Crippen LogP) is 4.93. The zero-order valence-corrected chi connectivity index (χ0v) is 56.8. The Bertz CT molecular complexity index is 2110. The van der Waals surface area contributed by atoms with Crippen LogP contribution < -0.4 is 10.6 Å². The first-order valence-electron chi connectivity index (χ1n) is 35.0. The van der Waals surface area contributed by atoms with Gasteiger partial charge in [-0.2, -0.15) is 0 Å². The number of hydrogen-bond acceptors (Lipinski definition) is 24. The van der Waals surface area contributed by atoms with Crippen LogP contribution in [0.3, 0.4) is 0 Å². The number of hydrogen-bond donors (Lipinski definition) is 13. The van der Waals surface area contributed by atoms with Crippen LogP contribution in [0.15, 0.2) is 24.3 Å². The third-order valence-electron chi connectivity index (χ3n) is 16.9. The second kappa shape index (κ2) is 51.1.